The minimum absolute atomic E-state index is 0.482. The summed E-state index contributed by atoms with van der Waals surface area (Å²) in [6.07, 6.45) is 6.20. The van der Waals surface area contributed by atoms with Gasteiger partial charge in [0, 0.05) is 13.1 Å². The van der Waals surface area contributed by atoms with Gasteiger partial charge < -0.3 is 15.0 Å². The topological polar surface area (TPSA) is 24.5 Å². The highest BCUT2D eigenvalue weighted by molar-refractivity contribution is 4.77. The van der Waals surface area contributed by atoms with E-state index in [1.165, 1.54) is 45.3 Å². The molecule has 0 aliphatic carbocycles. The highest BCUT2D eigenvalue weighted by Gasteiger charge is 2.24. The molecule has 3 unspecified atom stereocenters. The van der Waals surface area contributed by atoms with Crippen LogP contribution >= 0.6 is 0 Å². The summed E-state index contributed by atoms with van der Waals surface area (Å²) in [4.78, 5) is 2.58. The van der Waals surface area contributed by atoms with Gasteiger partial charge in [-0.05, 0) is 58.2 Å². The van der Waals surface area contributed by atoms with E-state index in [2.05, 4.69) is 24.1 Å². The van der Waals surface area contributed by atoms with Crippen LogP contribution in [0.25, 0.3) is 0 Å². The zero-order valence-electron chi connectivity index (χ0n) is 11.5. The van der Waals surface area contributed by atoms with Crippen LogP contribution in [-0.4, -0.2) is 49.8 Å². The predicted octanol–water partition coefficient (Wildman–Crippen LogP) is 1.88. The molecule has 0 bridgehead atoms. The normalized spacial score (nSPS) is 34.4. The Labute approximate surface area is 106 Å². The highest BCUT2D eigenvalue weighted by Crippen LogP contribution is 2.20. The van der Waals surface area contributed by atoms with Crippen molar-refractivity contribution in [3.63, 3.8) is 0 Å². The number of nitrogens with zero attached hydrogens (tertiary/aromatic N) is 1. The number of nitrogens with one attached hydrogen (secondary N) is 1. The van der Waals surface area contributed by atoms with Gasteiger partial charge >= 0.3 is 0 Å². The number of piperidine rings is 1. The Hall–Kier alpha value is -0.120. The van der Waals surface area contributed by atoms with Crippen LogP contribution in [0.2, 0.25) is 0 Å². The zero-order chi connectivity index (χ0) is 12.1. The molecule has 2 saturated heterocycles. The molecule has 0 saturated carbocycles. The van der Waals surface area contributed by atoms with Crippen molar-refractivity contribution in [2.75, 3.05) is 32.7 Å². The average molecular weight is 240 g/mol. The van der Waals surface area contributed by atoms with Crippen LogP contribution in [0.1, 0.15) is 39.5 Å². The molecule has 2 fully saturated rings. The monoisotopic (exact) mass is 240 g/mol. The van der Waals surface area contributed by atoms with E-state index in [0.717, 1.165) is 19.0 Å². The van der Waals surface area contributed by atoms with Gasteiger partial charge in [0.05, 0.1) is 12.2 Å². The van der Waals surface area contributed by atoms with Crippen molar-refractivity contribution in [2.45, 2.75) is 51.7 Å². The largest absolute Gasteiger partial charge is 0.374 e. The molecular weight excluding hydrogens is 212 g/mol. The minimum atomic E-state index is 0.482. The maximum absolute atomic E-state index is 5.93. The summed E-state index contributed by atoms with van der Waals surface area (Å²) in [5, 5.41) is 3.51. The van der Waals surface area contributed by atoms with Crippen molar-refractivity contribution in [1.82, 2.24) is 10.2 Å². The van der Waals surface area contributed by atoms with Gasteiger partial charge in [0.15, 0.2) is 0 Å². The predicted molar refractivity (Wildman–Crippen MR) is 71.3 cm³/mol. The third-order valence-corrected chi connectivity index (χ3v) is 4.14. The Morgan fingerprint density at radius 2 is 2.12 bits per heavy atom. The van der Waals surface area contributed by atoms with Crippen molar-refractivity contribution < 1.29 is 4.74 Å². The van der Waals surface area contributed by atoms with Crippen LogP contribution in [0.4, 0.5) is 0 Å². The summed E-state index contributed by atoms with van der Waals surface area (Å²) >= 11 is 0. The van der Waals surface area contributed by atoms with Crippen LogP contribution < -0.4 is 5.32 Å². The van der Waals surface area contributed by atoms with Crippen LogP contribution in [0.15, 0.2) is 0 Å². The molecule has 100 valence electrons. The van der Waals surface area contributed by atoms with Gasteiger partial charge in [-0.25, -0.2) is 0 Å². The van der Waals surface area contributed by atoms with Crippen LogP contribution in [0.5, 0.6) is 0 Å². The Balaban J connectivity index is 1.72. The van der Waals surface area contributed by atoms with E-state index in [-0.39, 0.29) is 0 Å². The van der Waals surface area contributed by atoms with E-state index >= 15 is 0 Å². The fourth-order valence-electron chi connectivity index (χ4n) is 3.09. The smallest absolute Gasteiger partial charge is 0.0706 e. The minimum Gasteiger partial charge on any atom is -0.374 e. The summed E-state index contributed by atoms with van der Waals surface area (Å²) in [6.45, 7) is 10.4. The average Bonchev–Trinajstić information content (AvgIpc) is 2.75. The van der Waals surface area contributed by atoms with Gasteiger partial charge in [-0.2, -0.15) is 0 Å². The van der Waals surface area contributed by atoms with E-state index in [9.17, 15) is 0 Å². The second-order valence-electron chi connectivity index (χ2n) is 5.71. The van der Waals surface area contributed by atoms with Gasteiger partial charge in [-0.15, -0.1) is 0 Å². The van der Waals surface area contributed by atoms with Crippen molar-refractivity contribution in [1.29, 1.82) is 0 Å². The third kappa shape index (κ3) is 4.23. The lowest BCUT2D eigenvalue weighted by molar-refractivity contribution is 0.0285. The molecule has 0 aromatic rings. The fourth-order valence-corrected chi connectivity index (χ4v) is 3.09. The van der Waals surface area contributed by atoms with E-state index in [1.807, 2.05) is 0 Å². The molecule has 2 rings (SSSR count). The van der Waals surface area contributed by atoms with Crippen LogP contribution in [0, 0.1) is 5.92 Å². The fraction of sp³-hybridized carbons (Fsp3) is 1.00. The third-order valence-electron chi connectivity index (χ3n) is 4.14. The molecule has 3 atom stereocenters. The molecule has 2 aliphatic rings. The molecule has 1 N–H and O–H groups in total. The second-order valence-corrected chi connectivity index (χ2v) is 5.71. The summed E-state index contributed by atoms with van der Waals surface area (Å²) in [6, 6.07) is 0. The number of hydrogen-bond acceptors (Lipinski definition) is 3. The Morgan fingerprint density at radius 3 is 2.71 bits per heavy atom. The summed E-state index contributed by atoms with van der Waals surface area (Å²) < 4.78 is 5.93. The quantitative estimate of drug-likeness (QED) is 0.794. The zero-order valence-corrected chi connectivity index (χ0v) is 11.5. The van der Waals surface area contributed by atoms with E-state index in [4.69, 9.17) is 4.74 Å². The second kappa shape index (κ2) is 6.72. The molecule has 0 radical (unpaired) electrons. The van der Waals surface area contributed by atoms with Crippen molar-refractivity contribution in [3.8, 4) is 0 Å². The molecule has 0 aromatic carbocycles. The Morgan fingerprint density at radius 1 is 1.24 bits per heavy atom. The van der Waals surface area contributed by atoms with E-state index in [1.54, 1.807) is 0 Å². The standard InChI is InChI=1S/C14H28N2O/c1-3-16(10-13-5-4-8-15-9-13)11-14-7-6-12(2)17-14/h12-15H,3-11H2,1-2H3. The van der Waals surface area contributed by atoms with Crippen molar-refractivity contribution in [3.05, 3.63) is 0 Å². The summed E-state index contributed by atoms with van der Waals surface area (Å²) in [5.74, 6) is 0.850. The van der Waals surface area contributed by atoms with E-state index < -0.39 is 0 Å². The van der Waals surface area contributed by atoms with Crippen molar-refractivity contribution >= 4 is 0 Å². The van der Waals surface area contributed by atoms with Gasteiger partial charge in [0.2, 0.25) is 0 Å². The first-order chi connectivity index (χ1) is 8.28. The SMILES string of the molecule is CCN(CC1CCCNC1)CC1CCC(C)O1. The molecule has 0 amide bonds. The molecule has 2 aliphatic heterocycles. The van der Waals surface area contributed by atoms with Crippen LogP contribution in [0.3, 0.4) is 0 Å². The first kappa shape index (κ1) is 13.3. The molecule has 3 heteroatoms. The van der Waals surface area contributed by atoms with Crippen LogP contribution in [-0.2, 0) is 4.74 Å². The Bertz CT molecular complexity index is 210. The lowest BCUT2D eigenvalue weighted by Crippen LogP contribution is -2.41. The lowest BCUT2D eigenvalue weighted by Gasteiger charge is -2.30. The maximum Gasteiger partial charge on any atom is 0.0706 e. The van der Waals surface area contributed by atoms with Crippen molar-refractivity contribution in [2.24, 2.45) is 5.92 Å². The van der Waals surface area contributed by atoms with Gasteiger partial charge in [0.1, 0.15) is 0 Å². The molecule has 0 spiro atoms. The molecular formula is C14H28N2O. The highest BCUT2D eigenvalue weighted by atomic mass is 16.5. The summed E-state index contributed by atoms with van der Waals surface area (Å²) in [7, 11) is 0. The lowest BCUT2D eigenvalue weighted by atomic mass is 9.99. The maximum atomic E-state index is 5.93. The van der Waals surface area contributed by atoms with E-state index in [0.29, 0.717) is 12.2 Å². The summed E-state index contributed by atoms with van der Waals surface area (Å²) in [5.41, 5.74) is 0. The number of rotatable bonds is 5. The number of hydrogen-bond donors (Lipinski definition) is 1. The number of ether oxygens (including phenoxy) is 1. The van der Waals surface area contributed by atoms with Gasteiger partial charge in [0.25, 0.3) is 0 Å². The molecule has 2 heterocycles. The number of likely N-dealkylation sites (N-methyl/N-ethyl adjacent to an activating group) is 1. The Kier molecular flexibility index (Phi) is 5.26. The van der Waals surface area contributed by atoms with Gasteiger partial charge in [-0.1, -0.05) is 6.92 Å². The van der Waals surface area contributed by atoms with Gasteiger partial charge in [-0.3, -0.25) is 0 Å². The molecule has 0 aromatic heterocycles. The molecule has 3 nitrogen and oxygen atoms in total. The first-order valence-electron chi connectivity index (χ1n) is 7.36. The first-order valence-corrected chi connectivity index (χ1v) is 7.36. The molecule has 17 heavy (non-hydrogen) atoms.